The molecule has 24 heavy (non-hydrogen) atoms. The Morgan fingerprint density at radius 3 is 2.54 bits per heavy atom. The largest absolute Gasteiger partial charge is 0.523 e. The predicted octanol–water partition coefficient (Wildman–Crippen LogP) is 3.73. The molecule has 0 amide bonds. The molecule has 1 heterocycles. The molecule has 1 aromatic carbocycles. The molecule has 0 saturated carbocycles. The topological polar surface area (TPSA) is 60.4 Å². The molecule has 0 spiro atoms. The highest BCUT2D eigenvalue weighted by molar-refractivity contribution is 8.02. The fraction of sp³-hybridized carbons (Fsp3) is 0.200. The van der Waals surface area contributed by atoms with Crippen molar-refractivity contribution in [3.05, 3.63) is 64.1 Å². The molecule has 2 aliphatic rings. The maximum Gasteiger partial charge on any atom is 0.523 e. The third-order valence-corrected chi connectivity index (χ3v) is 5.64. The first-order chi connectivity index (χ1) is 11.2. The minimum absolute atomic E-state index is 0.236. The van der Waals surface area contributed by atoms with Crippen molar-refractivity contribution in [2.75, 3.05) is 0 Å². The quantitative estimate of drug-likeness (QED) is 0.582. The molecular formula is C15H10F3O4S2. The zero-order chi connectivity index (χ0) is 17.5. The van der Waals surface area contributed by atoms with Gasteiger partial charge in [0.2, 0.25) is 0 Å². The van der Waals surface area contributed by atoms with E-state index in [0.29, 0.717) is 16.2 Å². The molecule has 0 N–H and O–H groups in total. The van der Waals surface area contributed by atoms with Crippen molar-refractivity contribution in [1.82, 2.24) is 0 Å². The van der Waals surface area contributed by atoms with Crippen LogP contribution in [0.25, 0.3) is 0 Å². The van der Waals surface area contributed by atoms with Crippen LogP contribution in [-0.2, 0) is 20.1 Å². The molecule has 1 aliphatic carbocycles. The van der Waals surface area contributed by atoms with Gasteiger partial charge in [0.1, 0.15) is 6.10 Å². The summed E-state index contributed by atoms with van der Waals surface area (Å²) < 4.78 is 63.7. The number of hydrogen-bond donors (Lipinski definition) is 0. The zero-order valence-corrected chi connectivity index (χ0v) is 13.6. The van der Waals surface area contributed by atoms with E-state index in [1.165, 1.54) is 17.8 Å². The van der Waals surface area contributed by atoms with Gasteiger partial charge < -0.3 is 0 Å². The maximum absolute atomic E-state index is 12.6. The number of Topliss-reactive ketones (excluding diaryl/α,β-unsaturated/α-hetero) is 1. The highest BCUT2D eigenvalue weighted by Gasteiger charge is 2.49. The Hall–Kier alpha value is -1.58. The number of ketones is 1. The van der Waals surface area contributed by atoms with Crippen molar-refractivity contribution in [2.24, 2.45) is 0 Å². The molecule has 9 heteroatoms. The van der Waals surface area contributed by atoms with Gasteiger partial charge in [-0.1, -0.05) is 24.3 Å². The summed E-state index contributed by atoms with van der Waals surface area (Å²) in [6.07, 6.45) is 1.83. The standard InChI is InChI=1S/C15H10F3O4S2/c16-15(17,18)24(20,21)22-10-5-6-13-12(7-10)14(19)11-4-2-1-3-9(11)8-23-13/h1-6H,7-8H2. The Morgan fingerprint density at radius 1 is 1.12 bits per heavy atom. The van der Waals surface area contributed by atoms with E-state index >= 15 is 0 Å². The minimum atomic E-state index is -5.75. The third kappa shape index (κ3) is 3.15. The Balaban J connectivity index is 1.87. The van der Waals surface area contributed by atoms with Crippen molar-refractivity contribution >= 4 is 27.7 Å². The lowest BCUT2D eigenvalue weighted by atomic mass is 9.93. The number of halogens is 3. The summed E-state index contributed by atoms with van der Waals surface area (Å²) in [7, 11) is -5.75. The summed E-state index contributed by atoms with van der Waals surface area (Å²) in [5, 5.41) is 0. The summed E-state index contributed by atoms with van der Waals surface area (Å²) in [5.41, 5.74) is -4.00. The smallest absolute Gasteiger partial charge is 0.289 e. The second kappa shape index (κ2) is 6.05. The average molecular weight is 375 g/mol. The number of alkyl halides is 3. The molecule has 0 unspecified atom stereocenters. The molecule has 127 valence electrons. The summed E-state index contributed by atoms with van der Waals surface area (Å²) in [6.45, 7) is 0. The van der Waals surface area contributed by atoms with E-state index in [-0.39, 0.29) is 17.8 Å². The second-order valence-corrected chi connectivity index (χ2v) is 7.63. The molecule has 1 aromatic rings. The molecule has 4 nitrogen and oxygen atoms in total. The molecule has 0 atom stereocenters. The third-order valence-electron chi connectivity index (χ3n) is 3.49. The number of allylic oxidation sites excluding steroid dienone is 1. The fourth-order valence-corrected chi connectivity index (χ4v) is 3.90. The average Bonchev–Trinajstić information content (AvgIpc) is 2.64. The van der Waals surface area contributed by atoms with Crippen molar-refractivity contribution in [2.45, 2.75) is 17.7 Å². The van der Waals surface area contributed by atoms with Gasteiger partial charge in [0, 0.05) is 28.2 Å². The molecule has 0 bridgehead atoms. The molecule has 3 rings (SSSR count). The van der Waals surface area contributed by atoms with E-state index in [9.17, 15) is 26.4 Å². The van der Waals surface area contributed by atoms with Crippen molar-refractivity contribution in [3.8, 4) is 0 Å². The van der Waals surface area contributed by atoms with Crippen LogP contribution in [0.15, 0.2) is 46.9 Å². The first-order valence-corrected chi connectivity index (χ1v) is 9.11. The van der Waals surface area contributed by atoms with E-state index in [2.05, 4.69) is 4.18 Å². The molecule has 1 radical (unpaired) electrons. The van der Waals surface area contributed by atoms with Gasteiger partial charge in [-0.2, -0.15) is 21.6 Å². The number of hydrogen-bond acceptors (Lipinski definition) is 5. The summed E-state index contributed by atoms with van der Waals surface area (Å²) in [5.74, 6) is 0.211. The van der Waals surface area contributed by atoms with Crippen LogP contribution in [0, 0.1) is 6.10 Å². The van der Waals surface area contributed by atoms with Gasteiger partial charge in [-0.05, 0) is 17.7 Å². The Morgan fingerprint density at radius 2 is 1.83 bits per heavy atom. The van der Waals surface area contributed by atoms with Gasteiger partial charge >= 0.3 is 15.6 Å². The van der Waals surface area contributed by atoms with Crippen LogP contribution < -0.4 is 0 Å². The van der Waals surface area contributed by atoms with Crippen molar-refractivity contribution < 1.29 is 30.6 Å². The van der Waals surface area contributed by atoms with E-state index in [0.717, 1.165) is 11.6 Å². The van der Waals surface area contributed by atoms with E-state index in [1.54, 1.807) is 24.3 Å². The van der Waals surface area contributed by atoms with Crippen molar-refractivity contribution in [3.63, 3.8) is 0 Å². The maximum atomic E-state index is 12.6. The molecule has 0 aromatic heterocycles. The first-order valence-electron chi connectivity index (χ1n) is 6.72. The highest BCUT2D eigenvalue weighted by Crippen LogP contribution is 2.40. The van der Waals surface area contributed by atoms with Gasteiger partial charge in [0.05, 0.1) is 0 Å². The van der Waals surface area contributed by atoms with Crippen LogP contribution in [0.2, 0.25) is 0 Å². The van der Waals surface area contributed by atoms with Crippen LogP contribution in [-0.4, -0.2) is 19.7 Å². The lowest BCUT2D eigenvalue weighted by Crippen LogP contribution is -2.27. The number of fused-ring (bicyclic) bond motifs is 1. The monoisotopic (exact) mass is 375 g/mol. The lowest BCUT2D eigenvalue weighted by molar-refractivity contribution is -0.0534. The van der Waals surface area contributed by atoms with Gasteiger partial charge in [0.25, 0.3) is 0 Å². The molecule has 0 fully saturated rings. The first kappa shape index (κ1) is 17.2. The molecule has 0 saturated heterocycles. The summed E-state index contributed by atoms with van der Waals surface area (Å²) >= 11 is 1.37. The highest BCUT2D eigenvalue weighted by atomic mass is 32.2. The molecule has 1 aliphatic heterocycles. The van der Waals surface area contributed by atoms with Crippen LogP contribution in [0.1, 0.15) is 22.3 Å². The minimum Gasteiger partial charge on any atom is -0.289 e. The summed E-state index contributed by atoms with van der Waals surface area (Å²) in [6, 6.07) is 6.93. The predicted molar refractivity (Wildman–Crippen MR) is 82.2 cm³/mol. The number of thioether (sulfide) groups is 1. The normalized spacial score (nSPS) is 19.0. The van der Waals surface area contributed by atoms with Crippen molar-refractivity contribution in [1.29, 1.82) is 0 Å². The van der Waals surface area contributed by atoms with Crippen LogP contribution in [0.5, 0.6) is 0 Å². The van der Waals surface area contributed by atoms with E-state index < -0.39 is 21.7 Å². The Kier molecular flexibility index (Phi) is 4.35. The number of carbonyl (C=O) groups excluding carboxylic acids is 1. The van der Waals surface area contributed by atoms with E-state index in [4.69, 9.17) is 0 Å². The SMILES string of the molecule is O=C1C2=C(C=C[C](OS(=O)(=O)C(F)(F)F)C2)SCc2ccccc21. The number of benzene rings is 1. The van der Waals surface area contributed by atoms with Crippen LogP contribution in [0.4, 0.5) is 13.2 Å². The fourth-order valence-electron chi connectivity index (χ4n) is 2.35. The summed E-state index contributed by atoms with van der Waals surface area (Å²) in [4.78, 5) is 13.2. The van der Waals surface area contributed by atoms with Gasteiger partial charge in [-0.3, -0.25) is 4.79 Å². The van der Waals surface area contributed by atoms with Gasteiger partial charge in [0.15, 0.2) is 5.78 Å². The van der Waals surface area contributed by atoms with Gasteiger partial charge in [-0.15, -0.1) is 11.8 Å². The van der Waals surface area contributed by atoms with Gasteiger partial charge in [-0.25, -0.2) is 4.18 Å². The van der Waals surface area contributed by atoms with Crippen LogP contribution >= 0.6 is 11.8 Å². The second-order valence-electron chi connectivity index (χ2n) is 5.08. The van der Waals surface area contributed by atoms with Crippen LogP contribution in [0.3, 0.4) is 0 Å². The Bertz CT molecular complexity index is 854. The number of carbonyl (C=O) groups is 1. The molecular weight excluding hydrogens is 365 g/mol. The Labute approximate surface area is 140 Å². The number of rotatable bonds is 2. The zero-order valence-electron chi connectivity index (χ0n) is 12.0. The van der Waals surface area contributed by atoms with E-state index in [1.807, 2.05) is 0 Å². The lowest BCUT2D eigenvalue weighted by Gasteiger charge is -2.20.